The second-order valence-electron chi connectivity index (χ2n) is 5.43. The molecule has 1 N–H and O–H groups in total. The molecular formula is C16H18N2O2S. The van der Waals surface area contributed by atoms with E-state index in [4.69, 9.17) is 0 Å². The van der Waals surface area contributed by atoms with Crippen molar-refractivity contribution in [2.45, 2.75) is 39.2 Å². The van der Waals surface area contributed by atoms with Crippen LogP contribution in [0.2, 0.25) is 0 Å². The van der Waals surface area contributed by atoms with Crippen LogP contribution in [0.4, 0.5) is 5.69 Å². The van der Waals surface area contributed by atoms with Crippen LogP contribution in [0.5, 0.6) is 0 Å². The SMILES string of the molecule is Cc1csc(=O)n1CCC(=O)Nc1ccc2c(c1)CCC2. The minimum Gasteiger partial charge on any atom is -0.326 e. The van der Waals surface area contributed by atoms with Gasteiger partial charge in [0.2, 0.25) is 5.91 Å². The van der Waals surface area contributed by atoms with Gasteiger partial charge in [0, 0.05) is 29.7 Å². The van der Waals surface area contributed by atoms with Crippen LogP contribution in [0.3, 0.4) is 0 Å². The van der Waals surface area contributed by atoms with Gasteiger partial charge in [0.1, 0.15) is 0 Å². The summed E-state index contributed by atoms with van der Waals surface area (Å²) in [5.74, 6) is -0.0505. The number of carbonyl (C=O) groups excluding carboxylic acids is 1. The number of carbonyl (C=O) groups is 1. The zero-order valence-corrected chi connectivity index (χ0v) is 12.8. The van der Waals surface area contributed by atoms with Crippen molar-refractivity contribution in [3.05, 3.63) is 50.1 Å². The van der Waals surface area contributed by atoms with E-state index in [1.165, 1.54) is 28.9 Å². The number of benzene rings is 1. The van der Waals surface area contributed by atoms with E-state index in [2.05, 4.69) is 17.4 Å². The Hall–Kier alpha value is -1.88. The lowest BCUT2D eigenvalue weighted by Gasteiger charge is -2.08. The number of fused-ring (bicyclic) bond motifs is 1. The topological polar surface area (TPSA) is 51.1 Å². The Morgan fingerprint density at radius 2 is 2.14 bits per heavy atom. The Bertz CT molecular complexity index is 730. The number of rotatable bonds is 4. The summed E-state index contributed by atoms with van der Waals surface area (Å²) in [5, 5.41) is 4.74. The summed E-state index contributed by atoms with van der Waals surface area (Å²) < 4.78 is 1.65. The van der Waals surface area contributed by atoms with Crippen LogP contribution in [0, 0.1) is 6.92 Å². The van der Waals surface area contributed by atoms with Crippen LogP contribution in [-0.4, -0.2) is 10.5 Å². The summed E-state index contributed by atoms with van der Waals surface area (Å²) in [5.41, 5.74) is 4.51. The molecule has 1 aromatic heterocycles. The van der Waals surface area contributed by atoms with Crippen molar-refractivity contribution in [3.8, 4) is 0 Å². The Balaban J connectivity index is 1.61. The Morgan fingerprint density at radius 1 is 1.33 bits per heavy atom. The summed E-state index contributed by atoms with van der Waals surface area (Å²) in [7, 11) is 0. The van der Waals surface area contributed by atoms with Gasteiger partial charge in [-0.25, -0.2) is 0 Å². The van der Waals surface area contributed by atoms with Crippen LogP contribution in [0.1, 0.15) is 29.7 Å². The predicted octanol–water partition coefficient (Wildman–Crippen LogP) is 2.74. The van der Waals surface area contributed by atoms with Gasteiger partial charge in [-0.3, -0.25) is 9.59 Å². The van der Waals surface area contributed by atoms with Crippen molar-refractivity contribution >= 4 is 22.9 Å². The van der Waals surface area contributed by atoms with Gasteiger partial charge in [0.25, 0.3) is 0 Å². The molecule has 3 rings (SSSR count). The molecule has 1 aromatic carbocycles. The first-order valence-electron chi connectivity index (χ1n) is 7.20. The molecule has 2 aromatic rings. The fourth-order valence-corrected chi connectivity index (χ4v) is 3.52. The Kier molecular flexibility index (Phi) is 3.92. The van der Waals surface area contributed by atoms with E-state index in [0.29, 0.717) is 13.0 Å². The highest BCUT2D eigenvalue weighted by Gasteiger charge is 2.12. The summed E-state index contributed by atoms with van der Waals surface area (Å²) in [6.07, 6.45) is 3.76. The van der Waals surface area contributed by atoms with E-state index < -0.39 is 0 Å². The fraction of sp³-hybridized carbons (Fsp3) is 0.375. The molecule has 1 heterocycles. The van der Waals surface area contributed by atoms with E-state index in [1.807, 2.05) is 18.4 Å². The number of anilines is 1. The van der Waals surface area contributed by atoms with Crippen LogP contribution in [-0.2, 0) is 24.2 Å². The molecule has 0 saturated carbocycles. The predicted molar refractivity (Wildman–Crippen MR) is 85.0 cm³/mol. The Labute approximate surface area is 127 Å². The fourth-order valence-electron chi connectivity index (χ4n) is 2.76. The highest BCUT2D eigenvalue weighted by atomic mass is 32.1. The second-order valence-corrected chi connectivity index (χ2v) is 6.25. The quantitative estimate of drug-likeness (QED) is 0.944. The number of thiazole rings is 1. The average Bonchev–Trinajstić information content (AvgIpc) is 3.04. The molecule has 0 fully saturated rings. The second kappa shape index (κ2) is 5.85. The highest BCUT2D eigenvalue weighted by Crippen LogP contribution is 2.24. The molecule has 21 heavy (non-hydrogen) atoms. The Morgan fingerprint density at radius 3 is 2.90 bits per heavy atom. The van der Waals surface area contributed by atoms with Gasteiger partial charge < -0.3 is 9.88 Å². The monoisotopic (exact) mass is 302 g/mol. The maximum absolute atomic E-state index is 12.0. The molecule has 1 aliphatic rings. The molecule has 0 atom stereocenters. The van der Waals surface area contributed by atoms with Gasteiger partial charge in [-0.1, -0.05) is 17.4 Å². The van der Waals surface area contributed by atoms with Crippen LogP contribution in [0.25, 0.3) is 0 Å². The number of hydrogen-bond donors (Lipinski definition) is 1. The molecule has 0 bridgehead atoms. The maximum Gasteiger partial charge on any atom is 0.307 e. The first kappa shape index (κ1) is 14.1. The minimum absolute atomic E-state index is 0.00201. The molecule has 0 spiro atoms. The third-order valence-corrected chi connectivity index (χ3v) is 4.80. The molecule has 110 valence electrons. The average molecular weight is 302 g/mol. The number of hydrogen-bond acceptors (Lipinski definition) is 3. The molecule has 0 saturated heterocycles. The lowest BCUT2D eigenvalue weighted by molar-refractivity contribution is -0.116. The van der Waals surface area contributed by atoms with Gasteiger partial charge in [-0.2, -0.15) is 0 Å². The van der Waals surface area contributed by atoms with E-state index in [9.17, 15) is 9.59 Å². The number of aryl methyl sites for hydroxylation is 3. The zero-order chi connectivity index (χ0) is 14.8. The lowest BCUT2D eigenvalue weighted by atomic mass is 10.1. The third-order valence-electron chi connectivity index (χ3n) is 3.92. The zero-order valence-electron chi connectivity index (χ0n) is 12.0. The van der Waals surface area contributed by atoms with Crippen molar-refractivity contribution in [1.82, 2.24) is 4.57 Å². The maximum atomic E-state index is 12.0. The molecule has 5 heteroatoms. The standard InChI is InChI=1S/C16H18N2O2S/c1-11-10-21-16(20)18(11)8-7-15(19)17-14-6-5-12-3-2-4-13(12)9-14/h5-6,9-10H,2-4,7-8H2,1H3,(H,17,19). The first-order chi connectivity index (χ1) is 10.1. The highest BCUT2D eigenvalue weighted by molar-refractivity contribution is 7.07. The van der Waals surface area contributed by atoms with E-state index >= 15 is 0 Å². The van der Waals surface area contributed by atoms with E-state index in [-0.39, 0.29) is 10.8 Å². The first-order valence-corrected chi connectivity index (χ1v) is 8.08. The summed E-state index contributed by atoms with van der Waals surface area (Å²) in [6.45, 7) is 2.32. The number of aromatic nitrogens is 1. The largest absolute Gasteiger partial charge is 0.326 e. The molecule has 1 aliphatic carbocycles. The van der Waals surface area contributed by atoms with Gasteiger partial charge in [-0.05, 0) is 49.4 Å². The smallest absolute Gasteiger partial charge is 0.307 e. The molecule has 0 aliphatic heterocycles. The minimum atomic E-state index is -0.0505. The molecular weight excluding hydrogens is 284 g/mol. The van der Waals surface area contributed by atoms with Gasteiger partial charge >= 0.3 is 4.87 Å². The van der Waals surface area contributed by atoms with Gasteiger partial charge in [0.15, 0.2) is 0 Å². The normalized spacial score (nSPS) is 13.2. The molecule has 4 nitrogen and oxygen atoms in total. The van der Waals surface area contributed by atoms with E-state index in [1.54, 1.807) is 4.57 Å². The third kappa shape index (κ3) is 3.08. The number of amides is 1. The van der Waals surface area contributed by atoms with Crippen molar-refractivity contribution < 1.29 is 4.79 Å². The van der Waals surface area contributed by atoms with Gasteiger partial charge in [-0.15, -0.1) is 0 Å². The summed E-state index contributed by atoms with van der Waals surface area (Å²) in [6, 6.07) is 6.14. The molecule has 0 radical (unpaired) electrons. The summed E-state index contributed by atoms with van der Waals surface area (Å²) in [4.78, 5) is 23.6. The van der Waals surface area contributed by atoms with Crippen LogP contribution in [0.15, 0.2) is 28.4 Å². The molecule has 0 unspecified atom stereocenters. The number of nitrogens with one attached hydrogen (secondary N) is 1. The van der Waals surface area contributed by atoms with Crippen LogP contribution < -0.4 is 10.2 Å². The summed E-state index contributed by atoms with van der Waals surface area (Å²) >= 11 is 1.18. The van der Waals surface area contributed by atoms with Crippen molar-refractivity contribution in [1.29, 1.82) is 0 Å². The van der Waals surface area contributed by atoms with Crippen LogP contribution >= 0.6 is 11.3 Å². The van der Waals surface area contributed by atoms with Gasteiger partial charge in [0.05, 0.1) is 0 Å². The van der Waals surface area contributed by atoms with Crippen molar-refractivity contribution in [2.75, 3.05) is 5.32 Å². The van der Waals surface area contributed by atoms with Crippen molar-refractivity contribution in [3.63, 3.8) is 0 Å². The van der Waals surface area contributed by atoms with E-state index in [0.717, 1.165) is 24.2 Å². The molecule has 1 amide bonds. The number of nitrogens with zero attached hydrogens (tertiary/aromatic N) is 1. The van der Waals surface area contributed by atoms with Crippen molar-refractivity contribution in [2.24, 2.45) is 0 Å². The lowest BCUT2D eigenvalue weighted by Crippen LogP contribution is -2.20.